The Hall–Kier alpha value is -1.81. The van der Waals surface area contributed by atoms with E-state index in [9.17, 15) is 4.79 Å². The van der Waals surface area contributed by atoms with Crippen LogP contribution in [0.25, 0.3) is 0 Å². The minimum absolute atomic E-state index is 0.0545. The summed E-state index contributed by atoms with van der Waals surface area (Å²) < 4.78 is 1.70. The Bertz CT molecular complexity index is 575. The number of halogens is 1. The molecule has 1 amide bonds. The fourth-order valence-electron chi connectivity index (χ4n) is 1.83. The molecule has 0 bridgehead atoms. The van der Waals surface area contributed by atoms with Crippen molar-refractivity contribution in [3.8, 4) is 0 Å². The van der Waals surface area contributed by atoms with E-state index in [-0.39, 0.29) is 12.5 Å². The highest BCUT2D eigenvalue weighted by Crippen LogP contribution is 2.09. The highest BCUT2D eigenvalue weighted by atomic mass is 35.5. The molecule has 0 aliphatic rings. The van der Waals surface area contributed by atoms with Crippen LogP contribution in [0.3, 0.4) is 0 Å². The molecule has 5 heteroatoms. The molecule has 1 aromatic carbocycles. The summed E-state index contributed by atoms with van der Waals surface area (Å²) >= 11 is 5.80. The van der Waals surface area contributed by atoms with E-state index in [1.165, 1.54) is 0 Å². The van der Waals surface area contributed by atoms with Gasteiger partial charge in [-0.05, 0) is 37.6 Å². The lowest BCUT2D eigenvalue weighted by Gasteiger charge is -2.07. The molecule has 0 atom stereocenters. The van der Waals surface area contributed by atoms with Gasteiger partial charge in [0.15, 0.2) is 0 Å². The second-order valence-corrected chi connectivity index (χ2v) is 4.92. The Morgan fingerprint density at radius 1 is 1.32 bits per heavy atom. The number of hydrogen-bond donors (Lipinski definition) is 1. The van der Waals surface area contributed by atoms with Crippen LogP contribution >= 0.6 is 11.6 Å². The van der Waals surface area contributed by atoms with Crippen molar-refractivity contribution in [2.75, 3.05) is 0 Å². The van der Waals surface area contributed by atoms with E-state index in [1.807, 2.05) is 44.2 Å². The Labute approximate surface area is 117 Å². The van der Waals surface area contributed by atoms with Gasteiger partial charge in [-0.3, -0.25) is 9.48 Å². The standard InChI is InChI=1S/C14H16ClN3O/c1-10-7-11(2)18(17-10)9-14(19)16-8-12-3-5-13(15)6-4-12/h3-7H,8-9H2,1-2H3,(H,16,19). The molecule has 100 valence electrons. The van der Waals surface area contributed by atoms with E-state index in [0.717, 1.165) is 17.0 Å². The Morgan fingerprint density at radius 2 is 2.00 bits per heavy atom. The van der Waals surface area contributed by atoms with E-state index in [0.29, 0.717) is 11.6 Å². The maximum atomic E-state index is 11.8. The third-order valence-corrected chi connectivity index (χ3v) is 3.05. The number of nitrogens with one attached hydrogen (secondary N) is 1. The SMILES string of the molecule is Cc1cc(C)n(CC(=O)NCc2ccc(Cl)cc2)n1. The third kappa shape index (κ3) is 3.83. The molecule has 0 unspecified atom stereocenters. The molecule has 0 fully saturated rings. The number of carbonyl (C=O) groups excluding carboxylic acids is 1. The van der Waals surface area contributed by atoms with Crippen LogP contribution in [0, 0.1) is 13.8 Å². The topological polar surface area (TPSA) is 46.9 Å². The minimum atomic E-state index is -0.0545. The van der Waals surface area contributed by atoms with E-state index in [2.05, 4.69) is 10.4 Å². The molecule has 0 spiro atoms. The number of nitrogens with zero attached hydrogens (tertiary/aromatic N) is 2. The van der Waals surface area contributed by atoms with Crippen LogP contribution in [0.5, 0.6) is 0 Å². The second kappa shape index (κ2) is 5.89. The van der Waals surface area contributed by atoms with Crippen molar-refractivity contribution in [1.29, 1.82) is 0 Å². The molecule has 0 radical (unpaired) electrons. The van der Waals surface area contributed by atoms with Crippen LogP contribution < -0.4 is 5.32 Å². The van der Waals surface area contributed by atoms with E-state index in [1.54, 1.807) is 4.68 Å². The fourth-order valence-corrected chi connectivity index (χ4v) is 1.96. The zero-order valence-electron chi connectivity index (χ0n) is 11.0. The van der Waals surface area contributed by atoms with Crippen LogP contribution in [0.4, 0.5) is 0 Å². The first kappa shape index (κ1) is 13.6. The number of benzene rings is 1. The number of hydrogen-bond acceptors (Lipinski definition) is 2. The molecule has 1 aromatic heterocycles. The summed E-state index contributed by atoms with van der Waals surface area (Å²) in [6.07, 6.45) is 0. The largest absolute Gasteiger partial charge is 0.350 e. The van der Waals surface area contributed by atoms with Gasteiger partial charge in [-0.1, -0.05) is 23.7 Å². The van der Waals surface area contributed by atoms with Gasteiger partial charge in [0.2, 0.25) is 5.91 Å². The first-order chi connectivity index (χ1) is 9.04. The molecule has 4 nitrogen and oxygen atoms in total. The van der Waals surface area contributed by atoms with Gasteiger partial charge in [-0.2, -0.15) is 5.10 Å². The maximum Gasteiger partial charge on any atom is 0.242 e. The molecule has 0 saturated heterocycles. The number of rotatable bonds is 4. The van der Waals surface area contributed by atoms with Gasteiger partial charge < -0.3 is 5.32 Å². The second-order valence-electron chi connectivity index (χ2n) is 4.49. The fraction of sp³-hybridized carbons (Fsp3) is 0.286. The number of carbonyl (C=O) groups is 1. The summed E-state index contributed by atoms with van der Waals surface area (Å²) in [5.41, 5.74) is 2.92. The smallest absolute Gasteiger partial charge is 0.242 e. The summed E-state index contributed by atoms with van der Waals surface area (Å²) in [5, 5.41) is 7.81. The van der Waals surface area contributed by atoms with Gasteiger partial charge in [-0.15, -0.1) is 0 Å². The Balaban J connectivity index is 1.88. The lowest BCUT2D eigenvalue weighted by molar-refractivity contribution is -0.122. The first-order valence-electron chi connectivity index (χ1n) is 6.07. The highest BCUT2D eigenvalue weighted by Gasteiger charge is 2.06. The Morgan fingerprint density at radius 3 is 2.58 bits per heavy atom. The Kier molecular flexibility index (Phi) is 4.22. The average molecular weight is 278 g/mol. The van der Waals surface area contributed by atoms with Crippen molar-refractivity contribution < 1.29 is 4.79 Å². The predicted molar refractivity (Wildman–Crippen MR) is 75.0 cm³/mol. The van der Waals surface area contributed by atoms with Gasteiger partial charge in [-0.25, -0.2) is 0 Å². The maximum absolute atomic E-state index is 11.8. The summed E-state index contributed by atoms with van der Waals surface area (Å²) in [6, 6.07) is 9.36. The summed E-state index contributed by atoms with van der Waals surface area (Å²) in [5.74, 6) is -0.0545. The molecule has 0 aliphatic carbocycles. The van der Waals surface area contributed by atoms with Crippen LogP contribution in [-0.2, 0) is 17.9 Å². The summed E-state index contributed by atoms with van der Waals surface area (Å²) in [6.45, 7) is 4.59. The lowest BCUT2D eigenvalue weighted by Crippen LogP contribution is -2.27. The third-order valence-electron chi connectivity index (χ3n) is 2.80. The highest BCUT2D eigenvalue weighted by molar-refractivity contribution is 6.30. The van der Waals surface area contributed by atoms with Gasteiger partial charge in [0.25, 0.3) is 0 Å². The molecular formula is C14H16ClN3O. The van der Waals surface area contributed by atoms with Crippen molar-refractivity contribution in [3.05, 3.63) is 52.3 Å². The predicted octanol–water partition coefficient (Wildman–Crippen LogP) is 2.47. The number of aromatic nitrogens is 2. The van der Waals surface area contributed by atoms with Gasteiger partial charge in [0.05, 0.1) is 5.69 Å². The molecule has 1 N–H and O–H groups in total. The number of aryl methyl sites for hydroxylation is 2. The van der Waals surface area contributed by atoms with Crippen LogP contribution in [0.1, 0.15) is 17.0 Å². The van der Waals surface area contributed by atoms with Crippen molar-refractivity contribution in [1.82, 2.24) is 15.1 Å². The molecule has 1 heterocycles. The summed E-state index contributed by atoms with van der Waals surface area (Å²) in [4.78, 5) is 11.8. The molecular weight excluding hydrogens is 262 g/mol. The monoisotopic (exact) mass is 277 g/mol. The van der Waals surface area contributed by atoms with Crippen molar-refractivity contribution in [2.24, 2.45) is 0 Å². The molecule has 19 heavy (non-hydrogen) atoms. The zero-order chi connectivity index (χ0) is 13.8. The normalized spacial score (nSPS) is 10.5. The van der Waals surface area contributed by atoms with Crippen LogP contribution in [0.2, 0.25) is 5.02 Å². The van der Waals surface area contributed by atoms with Crippen molar-refractivity contribution >= 4 is 17.5 Å². The van der Waals surface area contributed by atoms with E-state index < -0.39 is 0 Å². The van der Waals surface area contributed by atoms with Gasteiger partial charge in [0, 0.05) is 17.3 Å². The molecule has 0 aliphatic heterocycles. The van der Waals surface area contributed by atoms with Crippen molar-refractivity contribution in [3.63, 3.8) is 0 Å². The summed E-state index contributed by atoms with van der Waals surface area (Å²) in [7, 11) is 0. The van der Waals surface area contributed by atoms with Crippen LogP contribution in [-0.4, -0.2) is 15.7 Å². The first-order valence-corrected chi connectivity index (χ1v) is 6.44. The molecule has 2 rings (SSSR count). The minimum Gasteiger partial charge on any atom is -0.350 e. The number of amides is 1. The molecule has 0 saturated carbocycles. The average Bonchev–Trinajstić information content (AvgIpc) is 2.67. The zero-order valence-corrected chi connectivity index (χ0v) is 11.7. The van der Waals surface area contributed by atoms with Gasteiger partial charge in [0.1, 0.15) is 6.54 Å². The van der Waals surface area contributed by atoms with Crippen molar-refractivity contribution in [2.45, 2.75) is 26.9 Å². The van der Waals surface area contributed by atoms with E-state index in [4.69, 9.17) is 11.6 Å². The lowest BCUT2D eigenvalue weighted by atomic mass is 10.2. The van der Waals surface area contributed by atoms with E-state index >= 15 is 0 Å². The molecule has 2 aromatic rings. The van der Waals surface area contributed by atoms with Gasteiger partial charge >= 0.3 is 0 Å². The van der Waals surface area contributed by atoms with Crippen LogP contribution in [0.15, 0.2) is 30.3 Å². The quantitative estimate of drug-likeness (QED) is 0.933.